The summed E-state index contributed by atoms with van der Waals surface area (Å²) in [5.41, 5.74) is 4.02. The average Bonchev–Trinajstić information content (AvgIpc) is 3.29. The Kier molecular flexibility index (Phi) is 7.34. The van der Waals surface area contributed by atoms with Crippen LogP contribution in [0.3, 0.4) is 0 Å². The number of hydrogen-bond donors (Lipinski definition) is 2. The van der Waals surface area contributed by atoms with E-state index in [1.807, 2.05) is 72.8 Å². The van der Waals surface area contributed by atoms with Gasteiger partial charge < -0.3 is 20.2 Å². The standard InChI is InChI=1S/C27H27N3O4/c1-34-29-23-17-24(26(32)28-25(31)16-19-8-4-2-5-9-19)30(18-23)27(33)22-14-12-21(13-15-22)20-10-6-3-7-11-20/h2-15,24-25,31H,16-18H2,1H3,(H,28,32)/b29-23+/t24-,25+/m0/s1. The maximum absolute atomic E-state index is 13.3. The van der Waals surface area contributed by atoms with Gasteiger partial charge in [0.15, 0.2) is 0 Å². The smallest absolute Gasteiger partial charge is 0.254 e. The molecule has 4 rings (SSSR count). The highest BCUT2D eigenvalue weighted by Crippen LogP contribution is 2.23. The van der Waals surface area contributed by atoms with Gasteiger partial charge in [-0.1, -0.05) is 78.0 Å². The van der Waals surface area contributed by atoms with Gasteiger partial charge in [-0.3, -0.25) is 9.59 Å². The monoisotopic (exact) mass is 457 g/mol. The number of aliphatic hydroxyl groups is 1. The second-order valence-corrected chi connectivity index (χ2v) is 8.15. The summed E-state index contributed by atoms with van der Waals surface area (Å²) in [6, 6.07) is 25.8. The first-order valence-electron chi connectivity index (χ1n) is 11.1. The highest BCUT2D eigenvalue weighted by Gasteiger charge is 2.39. The summed E-state index contributed by atoms with van der Waals surface area (Å²) in [6.45, 7) is 0.181. The van der Waals surface area contributed by atoms with E-state index in [-0.39, 0.29) is 25.3 Å². The fraction of sp³-hybridized carbons (Fsp3) is 0.222. The van der Waals surface area contributed by atoms with Crippen LogP contribution in [0.25, 0.3) is 11.1 Å². The molecular formula is C27H27N3O4. The molecule has 0 unspecified atom stereocenters. The number of nitrogens with zero attached hydrogens (tertiary/aromatic N) is 2. The number of amides is 2. The summed E-state index contributed by atoms with van der Waals surface area (Å²) in [6.07, 6.45) is -0.556. The van der Waals surface area contributed by atoms with Crippen LogP contribution in [0.5, 0.6) is 0 Å². The number of oxime groups is 1. The van der Waals surface area contributed by atoms with Crippen molar-refractivity contribution in [3.63, 3.8) is 0 Å². The normalized spacial score (nSPS) is 17.4. The fourth-order valence-electron chi connectivity index (χ4n) is 4.10. The molecule has 0 saturated carbocycles. The topological polar surface area (TPSA) is 91.2 Å². The van der Waals surface area contributed by atoms with E-state index in [2.05, 4.69) is 10.5 Å². The average molecular weight is 458 g/mol. The first kappa shape index (κ1) is 23.2. The second kappa shape index (κ2) is 10.8. The number of likely N-dealkylation sites (tertiary alicyclic amines) is 1. The molecule has 0 aromatic heterocycles. The van der Waals surface area contributed by atoms with E-state index in [1.165, 1.54) is 12.0 Å². The predicted octanol–water partition coefficient (Wildman–Crippen LogP) is 3.25. The van der Waals surface area contributed by atoms with E-state index in [4.69, 9.17) is 4.84 Å². The minimum atomic E-state index is -1.07. The summed E-state index contributed by atoms with van der Waals surface area (Å²) in [4.78, 5) is 32.7. The second-order valence-electron chi connectivity index (χ2n) is 8.15. The summed E-state index contributed by atoms with van der Waals surface area (Å²) in [5.74, 6) is -0.711. The third-order valence-electron chi connectivity index (χ3n) is 5.76. The van der Waals surface area contributed by atoms with Crippen molar-refractivity contribution in [3.8, 4) is 11.1 Å². The van der Waals surface area contributed by atoms with Crippen molar-refractivity contribution in [2.75, 3.05) is 13.7 Å². The SMILES string of the molecule is CO/N=C1\C[C@@H](C(=O)N[C@H](O)Cc2ccccc2)N(C(=O)c2ccc(-c3ccccc3)cc2)C1. The van der Waals surface area contributed by atoms with E-state index in [9.17, 15) is 14.7 Å². The number of nitrogens with one attached hydrogen (secondary N) is 1. The van der Waals surface area contributed by atoms with Crippen LogP contribution in [-0.2, 0) is 16.1 Å². The molecule has 2 N–H and O–H groups in total. The molecule has 0 spiro atoms. The Balaban J connectivity index is 1.48. The summed E-state index contributed by atoms with van der Waals surface area (Å²) >= 11 is 0. The molecule has 3 aromatic rings. The van der Waals surface area contributed by atoms with Crippen molar-refractivity contribution in [1.29, 1.82) is 0 Å². The summed E-state index contributed by atoms with van der Waals surface area (Å²) in [7, 11) is 1.43. The lowest BCUT2D eigenvalue weighted by molar-refractivity contribution is -0.127. The van der Waals surface area contributed by atoms with Crippen LogP contribution in [0, 0.1) is 0 Å². The van der Waals surface area contributed by atoms with Crippen molar-refractivity contribution < 1.29 is 19.5 Å². The van der Waals surface area contributed by atoms with Gasteiger partial charge in [-0.25, -0.2) is 0 Å². The van der Waals surface area contributed by atoms with Crippen LogP contribution in [-0.4, -0.2) is 53.5 Å². The third kappa shape index (κ3) is 5.50. The molecule has 1 aliphatic rings. The van der Waals surface area contributed by atoms with Gasteiger partial charge in [0.25, 0.3) is 5.91 Å². The molecule has 174 valence electrons. The number of hydrogen-bond acceptors (Lipinski definition) is 5. The van der Waals surface area contributed by atoms with Gasteiger partial charge in [-0.05, 0) is 28.8 Å². The Morgan fingerprint density at radius 3 is 2.26 bits per heavy atom. The molecule has 7 nitrogen and oxygen atoms in total. The molecule has 1 saturated heterocycles. The maximum Gasteiger partial charge on any atom is 0.254 e. The van der Waals surface area contributed by atoms with Crippen molar-refractivity contribution in [3.05, 3.63) is 96.1 Å². The van der Waals surface area contributed by atoms with Gasteiger partial charge in [0.05, 0.1) is 12.3 Å². The van der Waals surface area contributed by atoms with Gasteiger partial charge in [0, 0.05) is 18.4 Å². The Morgan fingerprint density at radius 1 is 1.00 bits per heavy atom. The molecule has 34 heavy (non-hydrogen) atoms. The lowest BCUT2D eigenvalue weighted by atomic mass is 10.0. The Labute approximate surface area is 198 Å². The van der Waals surface area contributed by atoms with Gasteiger partial charge in [0.2, 0.25) is 5.91 Å². The van der Waals surface area contributed by atoms with Crippen molar-refractivity contribution >= 4 is 17.5 Å². The molecule has 1 aliphatic heterocycles. The van der Waals surface area contributed by atoms with E-state index < -0.39 is 18.2 Å². The van der Waals surface area contributed by atoms with Gasteiger partial charge in [0.1, 0.15) is 19.4 Å². The van der Waals surface area contributed by atoms with Crippen LogP contribution >= 0.6 is 0 Å². The van der Waals surface area contributed by atoms with Crippen LogP contribution in [0.2, 0.25) is 0 Å². The molecule has 0 aliphatic carbocycles. The molecular weight excluding hydrogens is 430 g/mol. The first-order chi connectivity index (χ1) is 16.5. The molecule has 1 heterocycles. The Hall–Kier alpha value is -3.97. The fourth-order valence-corrected chi connectivity index (χ4v) is 4.10. The van der Waals surface area contributed by atoms with Crippen LogP contribution < -0.4 is 5.32 Å². The van der Waals surface area contributed by atoms with Crippen molar-refractivity contribution in [2.24, 2.45) is 5.16 Å². The number of rotatable bonds is 7. The van der Waals surface area contributed by atoms with Gasteiger partial charge in [-0.2, -0.15) is 0 Å². The highest BCUT2D eigenvalue weighted by atomic mass is 16.6. The first-order valence-corrected chi connectivity index (χ1v) is 11.1. The quantitative estimate of drug-likeness (QED) is 0.421. The Bertz CT molecular complexity index is 1150. The van der Waals surface area contributed by atoms with Gasteiger partial charge >= 0.3 is 0 Å². The molecule has 3 aromatic carbocycles. The van der Waals surface area contributed by atoms with E-state index >= 15 is 0 Å². The molecule has 0 bridgehead atoms. The lowest BCUT2D eigenvalue weighted by Gasteiger charge is -2.25. The van der Waals surface area contributed by atoms with Crippen LogP contribution in [0.15, 0.2) is 90.1 Å². The largest absolute Gasteiger partial charge is 0.399 e. The number of carbonyl (C=O) groups excluding carboxylic acids is 2. The molecule has 0 radical (unpaired) electrons. The van der Waals surface area contributed by atoms with E-state index in [0.717, 1.165) is 16.7 Å². The molecule has 7 heteroatoms. The molecule has 1 fully saturated rings. The maximum atomic E-state index is 13.3. The van der Waals surface area contributed by atoms with Crippen molar-refractivity contribution in [1.82, 2.24) is 10.2 Å². The number of aliphatic hydroxyl groups excluding tert-OH is 1. The predicted molar refractivity (Wildman–Crippen MR) is 130 cm³/mol. The summed E-state index contributed by atoms with van der Waals surface area (Å²) in [5, 5.41) is 17.0. The number of benzene rings is 3. The zero-order chi connectivity index (χ0) is 23.9. The molecule has 2 amide bonds. The minimum absolute atomic E-state index is 0.181. The zero-order valence-corrected chi connectivity index (χ0v) is 18.9. The highest BCUT2D eigenvalue weighted by molar-refractivity contribution is 6.05. The third-order valence-corrected chi connectivity index (χ3v) is 5.76. The van der Waals surface area contributed by atoms with E-state index in [0.29, 0.717) is 11.3 Å². The molecule has 2 atom stereocenters. The van der Waals surface area contributed by atoms with Crippen LogP contribution in [0.4, 0.5) is 0 Å². The number of carbonyl (C=O) groups is 2. The lowest BCUT2D eigenvalue weighted by Crippen LogP contribution is -2.49. The van der Waals surface area contributed by atoms with Crippen molar-refractivity contribution in [2.45, 2.75) is 25.1 Å². The van der Waals surface area contributed by atoms with Gasteiger partial charge in [-0.15, -0.1) is 0 Å². The zero-order valence-electron chi connectivity index (χ0n) is 18.9. The van der Waals surface area contributed by atoms with E-state index in [1.54, 1.807) is 12.1 Å². The minimum Gasteiger partial charge on any atom is -0.399 e. The summed E-state index contributed by atoms with van der Waals surface area (Å²) < 4.78 is 0. The van der Waals surface area contributed by atoms with Crippen LogP contribution in [0.1, 0.15) is 22.3 Å². The Morgan fingerprint density at radius 2 is 1.62 bits per heavy atom.